The number of ether oxygens (including phenoxy) is 2. The Morgan fingerprint density at radius 1 is 0.963 bits per heavy atom. The minimum absolute atomic E-state index is 0.0878. The lowest BCUT2D eigenvalue weighted by Crippen LogP contribution is -2.21. The van der Waals surface area contributed by atoms with Crippen LogP contribution in [0.5, 0.6) is 11.5 Å². The summed E-state index contributed by atoms with van der Waals surface area (Å²) < 4.78 is 12.3. The Bertz CT molecular complexity index is 940. The highest BCUT2D eigenvalue weighted by Crippen LogP contribution is 2.33. The normalized spacial score (nSPS) is 10.8. The molecule has 0 heterocycles. The molecule has 1 amide bonds. The summed E-state index contributed by atoms with van der Waals surface area (Å²) in [5.41, 5.74) is 0.643. The van der Waals surface area contributed by atoms with Crippen LogP contribution in [-0.2, 0) is 4.79 Å². The standard InChI is InChI=1S/C22H22BrNO3/c1-15(2)13-26-19-10-6-5-9-18(19)24-21(25)14-27-20-12-11-16-7-3-4-8-17(16)22(20)23/h3-12,15H,13-14H2,1-2H3,(H,24,25). The molecule has 0 atom stereocenters. The largest absolute Gasteiger partial charge is 0.491 e. The summed E-state index contributed by atoms with van der Waals surface area (Å²) in [7, 11) is 0. The lowest BCUT2D eigenvalue weighted by atomic mass is 10.1. The Balaban J connectivity index is 1.65. The van der Waals surface area contributed by atoms with Gasteiger partial charge in [-0.15, -0.1) is 0 Å². The quantitative estimate of drug-likeness (QED) is 0.529. The van der Waals surface area contributed by atoms with Crippen LogP contribution in [0.25, 0.3) is 10.8 Å². The monoisotopic (exact) mass is 427 g/mol. The van der Waals surface area contributed by atoms with Crippen LogP contribution in [0.3, 0.4) is 0 Å². The molecule has 3 aromatic carbocycles. The Morgan fingerprint density at radius 2 is 1.70 bits per heavy atom. The van der Waals surface area contributed by atoms with Crippen molar-refractivity contribution >= 4 is 38.3 Å². The van der Waals surface area contributed by atoms with Crippen molar-refractivity contribution in [2.75, 3.05) is 18.5 Å². The van der Waals surface area contributed by atoms with Crippen LogP contribution >= 0.6 is 15.9 Å². The summed E-state index contributed by atoms with van der Waals surface area (Å²) in [5, 5.41) is 5.01. The topological polar surface area (TPSA) is 47.6 Å². The van der Waals surface area contributed by atoms with Crippen molar-refractivity contribution < 1.29 is 14.3 Å². The Labute approximate surface area is 167 Å². The molecule has 5 heteroatoms. The molecule has 0 saturated carbocycles. The van der Waals surface area contributed by atoms with Crippen LogP contribution in [0.2, 0.25) is 0 Å². The highest BCUT2D eigenvalue weighted by atomic mass is 79.9. The van der Waals surface area contributed by atoms with Crippen molar-refractivity contribution in [3.8, 4) is 11.5 Å². The maximum atomic E-state index is 12.3. The van der Waals surface area contributed by atoms with E-state index in [4.69, 9.17) is 9.47 Å². The SMILES string of the molecule is CC(C)COc1ccccc1NC(=O)COc1ccc2ccccc2c1Br. The van der Waals surface area contributed by atoms with Gasteiger partial charge in [-0.25, -0.2) is 0 Å². The molecule has 27 heavy (non-hydrogen) atoms. The van der Waals surface area contributed by atoms with Crippen LogP contribution < -0.4 is 14.8 Å². The van der Waals surface area contributed by atoms with E-state index in [0.717, 1.165) is 15.2 Å². The summed E-state index contributed by atoms with van der Waals surface area (Å²) in [6.45, 7) is 4.66. The first-order valence-corrected chi connectivity index (χ1v) is 9.65. The van der Waals surface area contributed by atoms with Gasteiger partial charge in [0.2, 0.25) is 0 Å². The number of rotatable bonds is 7. The van der Waals surface area contributed by atoms with Crippen molar-refractivity contribution in [2.45, 2.75) is 13.8 Å². The second-order valence-corrected chi connectivity index (χ2v) is 7.43. The predicted molar refractivity (Wildman–Crippen MR) is 113 cm³/mol. The van der Waals surface area contributed by atoms with Crippen molar-refractivity contribution in [2.24, 2.45) is 5.92 Å². The molecule has 4 nitrogen and oxygen atoms in total. The molecule has 0 fully saturated rings. The molecule has 0 aliphatic heterocycles. The molecule has 0 spiro atoms. The number of halogens is 1. The van der Waals surface area contributed by atoms with E-state index in [2.05, 4.69) is 35.1 Å². The van der Waals surface area contributed by atoms with Crippen LogP contribution in [0.1, 0.15) is 13.8 Å². The highest BCUT2D eigenvalue weighted by molar-refractivity contribution is 9.10. The smallest absolute Gasteiger partial charge is 0.262 e. The maximum absolute atomic E-state index is 12.3. The summed E-state index contributed by atoms with van der Waals surface area (Å²) in [4.78, 5) is 12.3. The molecule has 1 N–H and O–H groups in total. The van der Waals surface area contributed by atoms with Crippen molar-refractivity contribution in [3.63, 3.8) is 0 Å². The van der Waals surface area contributed by atoms with Crippen molar-refractivity contribution in [1.29, 1.82) is 0 Å². The molecule has 3 rings (SSSR count). The number of anilines is 1. The van der Waals surface area contributed by atoms with E-state index < -0.39 is 0 Å². The molecule has 0 aliphatic carbocycles. The van der Waals surface area contributed by atoms with Crippen LogP contribution in [0.15, 0.2) is 65.1 Å². The van der Waals surface area contributed by atoms with E-state index in [1.54, 1.807) is 0 Å². The number of amides is 1. The Hall–Kier alpha value is -2.53. The maximum Gasteiger partial charge on any atom is 0.262 e. The lowest BCUT2D eigenvalue weighted by molar-refractivity contribution is -0.118. The molecule has 3 aromatic rings. The third kappa shape index (κ3) is 5.01. The fourth-order valence-electron chi connectivity index (χ4n) is 2.61. The molecule has 0 aromatic heterocycles. The second-order valence-electron chi connectivity index (χ2n) is 6.64. The first-order valence-electron chi connectivity index (χ1n) is 8.86. The van der Waals surface area contributed by atoms with Gasteiger partial charge in [0, 0.05) is 0 Å². The van der Waals surface area contributed by atoms with Gasteiger partial charge in [-0.3, -0.25) is 4.79 Å². The van der Waals surface area contributed by atoms with Gasteiger partial charge in [-0.1, -0.05) is 56.3 Å². The van der Waals surface area contributed by atoms with Crippen LogP contribution in [0.4, 0.5) is 5.69 Å². The molecular formula is C22H22BrNO3. The molecule has 0 aliphatic rings. The van der Waals surface area contributed by atoms with Crippen LogP contribution in [0, 0.1) is 5.92 Å². The number of benzene rings is 3. The average Bonchev–Trinajstić information content (AvgIpc) is 2.67. The van der Waals surface area contributed by atoms with E-state index in [9.17, 15) is 4.79 Å². The van der Waals surface area contributed by atoms with Crippen molar-refractivity contribution in [1.82, 2.24) is 0 Å². The number of nitrogens with one attached hydrogen (secondary N) is 1. The zero-order valence-electron chi connectivity index (χ0n) is 15.4. The van der Waals surface area contributed by atoms with Crippen molar-refractivity contribution in [3.05, 3.63) is 65.1 Å². The van der Waals surface area contributed by atoms with E-state index in [0.29, 0.717) is 29.7 Å². The van der Waals surface area contributed by atoms with Gasteiger partial charge in [0.05, 0.1) is 16.8 Å². The third-order valence-corrected chi connectivity index (χ3v) is 4.74. The van der Waals surface area contributed by atoms with E-state index in [-0.39, 0.29) is 12.5 Å². The molecule has 140 valence electrons. The molecule has 0 unspecified atom stereocenters. The number of carbonyl (C=O) groups is 1. The fraction of sp³-hybridized carbons (Fsp3) is 0.227. The Morgan fingerprint density at radius 3 is 2.52 bits per heavy atom. The van der Waals surface area contributed by atoms with E-state index in [1.165, 1.54) is 0 Å². The summed E-state index contributed by atoms with van der Waals surface area (Å²) in [5.74, 6) is 1.46. The Kier molecular flexibility index (Phi) is 6.35. The molecule has 0 saturated heterocycles. The number of para-hydroxylation sites is 2. The van der Waals surface area contributed by atoms with Gasteiger partial charge in [0.25, 0.3) is 5.91 Å². The minimum Gasteiger partial charge on any atom is -0.491 e. The zero-order chi connectivity index (χ0) is 19.2. The summed E-state index contributed by atoms with van der Waals surface area (Å²) >= 11 is 3.57. The second kappa shape index (κ2) is 8.91. The van der Waals surface area contributed by atoms with Gasteiger partial charge in [-0.2, -0.15) is 0 Å². The average molecular weight is 428 g/mol. The van der Waals surface area contributed by atoms with Gasteiger partial charge >= 0.3 is 0 Å². The molecule has 0 bridgehead atoms. The number of hydrogen-bond acceptors (Lipinski definition) is 3. The minimum atomic E-state index is -0.240. The molecular weight excluding hydrogens is 406 g/mol. The zero-order valence-corrected chi connectivity index (χ0v) is 17.0. The van der Waals surface area contributed by atoms with Crippen LogP contribution in [-0.4, -0.2) is 19.1 Å². The highest BCUT2D eigenvalue weighted by Gasteiger charge is 2.11. The number of carbonyl (C=O) groups excluding carboxylic acids is 1. The predicted octanol–water partition coefficient (Wildman–Crippen LogP) is 5.65. The molecule has 0 radical (unpaired) electrons. The fourth-order valence-corrected chi connectivity index (χ4v) is 3.21. The number of hydrogen-bond donors (Lipinski definition) is 1. The first kappa shape index (κ1) is 19.2. The number of fused-ring (bicyclic) bond motifs is 1. The van der Waals surface area contributed by atoms with Gasteiger partial charge in [-0.05, 0) is 50.8 Å². The lowest BCUT2D eigenvalue weighted by Gasteiger charge is -2.14. The van der Waals surface area contributed by atoms with Gasteiger partial charge < -0.3 is 14.8 Å². The summed E-state index contributed by atoms with van der Waals surface area (Å²) in [6, 6.07) is 19.2. The van der Waals surface area contributed by atoms with Gasteiger partial charge in [0.1, 0.15) is 11.5 Å². The third-order valence-electron chi connectivity index (χ3n) is 3.92. The summed E-state index contributed by atoms with van der Waals surface area (Å²) in [6.07, 6.45) is 0. The van der Waals surface area contributed by atoms with Gasteiger partial charge in [0.15, 0.2) is 6.61 Å². The van der Waals surface area contributed by atoms with E-state index in [1.807, 2.05) is 60.7 Å². The van der Waals surface area contributed by atoms with E-state index >= 15 is 0 Å². The first-order chi connectivity index (χ1) is 13.0.